The molecule has 0 bridgehead atoms. The van der Waals surface area contributed by atoms with Gasteiger partial charge in [0.25, 0.3) is 0 Å². The Bertz CT molecular complexity index is 1430. The Balaban J connectivity index is 4.53. The van der Waals surface area contributed by atoms with Gasteiger partial charge in [-0.05, 0) is 103 Å². The van der Waals surface area contributed by atoms with Crippen LogP contribution in [-0.4, -0.2) is 37.2 Å². The molecule has 0 N–H and O–H groups in total. The van der Waals surface area contributed by atoms with Gasteiger partial charge in [0.15, 0.2) is 6.10 Å². The number of esters is 3. The molecule has 358 valence electrons. The normalized spacial score (nSPS) is 13.2. The second kappa shape index (κ2) is 51.2. The van der Waals surface area contributed by atoms with Crippen LogP contribution in [0, 0.1) is 0 Å². The summed E-state index contributed by atoms with van der Waals surface area (Å²) < 4.78 is 16.7. The monoisotopic (exact) mass is 883 g/mol. The zero-order valence-electron chi connectivity index (χ0n) is 40.7. The largest absolute Gasteiger partial charge is 0.462 e. The molecule has 0 rings (SSSR count). The third-order valence-corrected chi connectivity index (χ3v) is 9.98. The molecule has 0 spiro atoms. The van der Waals surface area contributed by atoms with Crippen molar-refractivity contribution < 1.29 is 28.6 Å². The Labute approximate surface area is 392 Å². The summed E-state index contributed by atoms with van der Waals surface area (Å²) in [7, 11) is 0. The summed E-state index contributed by atoms with van der Waals surface area (Å²) in [5.41, 5.74) is 0. The van der Waals surface area contributed by atoms with Crippen molar-refractivity contribution in [3.8, 4) is 0 Å². The van der Waals surface area contributed by atoms with E-state index >= 15 is 0 Å². The quantitative estimate of drug-likeness (QED) is 0.0200. The third-order valence-electron chi connectivity index (χ3n) is 9.98. The van der Waals surface area contributed by atoms with Gasteiger partial charge in [-0.3, -0.25) is 14.4 Å². The topological polar surface area (TPSA) is 78.9 Å². The molecule has 0 saturated heterocycles. The van der Waals surface area contributed by atoms with Crippen LogP contribution in [0.4, 0.5) is 0 Å². The van der Waals surface area contributed by atoms with Crippen molar-refractivity contribution in [2.75, 3.05) is 13.2 Å². The first-order valence-corrected chi connectivity index (χ1v) is 25.3. The van der Waals surface area contributed by atoms with Gasteiger partial charge >= 0.3 is 17.9 Å². The van der Waals surface area contributed by atoms with E-state index in [2.05, 4.69) is 118 Å². The lowest BCUT2D eigenvalue weighted by Crippen LogP contribution is -2.30. The fraction of sp³-hybridized carbons (Fsp3) is 0.569. The first-order valence-electron chi connectivity index (χ1n) is 25.3. The number of carbonyl (C=O) groups is 3. The molecule has 0 aliphatic heterocycles. The van der Waals surface area contributed by atoms with Crippen LogP contribution in [0.15, 0.2) is 134 Å². The van der Waals surface area contributed by atoms with Gasteiger partial charge in [0.2, 0.25) is 0 Å². The van der Waals surface area contributed by atoms with Crippen LogP contribution in [-0.2, 0) is 28.6 Å². The van der Waals surface area contributed by atoms with Crippen LogP contribution < -0.4 is 0 Å². The number of hydrogen-bond donors (Lipinski definition) is 0. The molecule has 1 unspecified atom stereocenters. The van der Waals surface area contributed by atoms with Gasteiger partial charge in [0.05, 0.1) is 0 Å². The van der Waals surface area contributed by atoms with Gasteiger partial charge in [-0.2, -0.15) is 0 Å². The fourth-order valence-electron chi connectivity index (χ4n) is 6.26. The number of unbranched alkanes of at least 4 members (excludes halogenated alkanes) is 14. The molecule has 0 aromatic rings. The molecule has 0 amide bonds. The number of allylic oxidation sites excluding steroid dienone is 22. The molecule has 6 nitrogen and oxygen atoms in total. The Morgan fingerprint density at radius 3 is 1.12 bits per heavy atom. The van der Waals surface area contributed by atoms with Crippen molar-refractivity contribution in [2.24, 2.45) is 0 Å². The molecular formula is C58H90O6. The number of carbonyl (C=O) groups excluding carboxylic acids is 3. The van der Waals surface area contributed by atoms with Gasteiger partial charge in [-0.15, -0.1) is 0 Å². The lowest BCUT2D eigenvalue weighted by atomic mass is 10.1. The van der Waals surface area contributed by atoms with Gasteiger partial charge in [0.1, 0.15) is 13.2 Å². The highest BCUT2D eigenvalue weighted by atomic mass is 16.6. The summed E-state index contributed by atoms with van der Waals surface area (Å²) in [5, 5.41) is 0. The molecule has 64 heavy (non-hydrogen) atoms. The van der Waals surface area contributed by atoms with Crippen molar-refractivity contribution in [3.63, 3.8) is 0 Å². The van der Waals surface area contributed by atoms with Gasteiger partial charge in [0, 0.05) is 19.3 Å². The van der Waals surface area contributed by atoms with E-state index in [1.165, 1.54) is 19.3 Å². The molecular weight excluding hydrogens is 793 g/mol. The van der Waals surface area contributed by atoms with E-state index < -0.39 is 6.10 Å². The number of ether oxygens (including phenoxy) is 3. The van der Waals surface area contributed by atoms with Gasteiger partial charge in [-0.1, -0.05) is 206 Å². The highest BCUT2D eigenvalue weighted by Crippen LogP contribution is 2.13. The smallest absolute Gasteiger partial charge is 0.306 e. The van der Waals surface area contributed by atoms with Crippen LogP contribution in [0.1, 0.15) is 194 Å². The van der Waals surface area contributed by atoms with Crippen LogP contribution in [0.3, 0.4) is 0 Å². The Morgan fingerprint density at radius 1 is 0.344 bits per heavy atom. The van der Waals surface area contributed by atoms with Crippen LogP contribution in [0.2, 0.25) is 0 Å². The molecule has 1 atom stereocenters. The zero-order chi connectivity index (χ0) is 46.5. The average molecular weight is 883 g/mol. The van der Waals surface area contributed by atoms with E-state index in [1.807, 2.05) is 36.5 Å². The molecule has 0 aliphatic rings. The second-order valence-corrected chi connectivity index (χ2v) is 16.1. The fourth-order valence-corrected chi connectivity index (χ4v) is 6.26. The molecule has 0 aliphatic carbocycles. The molecule has 0 aromatic heterocycles. The molecule has 6 heteroatoms. The number of hydrogen-bond acceptors (Lipinski definition) is 6. The maximum atomic E-state index is 12.8. The highest BCUT2D eigenvalue weighted by Gasteiger charge is 2.19. The molecule has 0 aromatic carbocycles. The summed E-state index contributed by atoms with van der Waals surface area (Å²) in [6.45, 7) is 6.23. The van der Waals surface area contributed by atoms with E-state index in [0.29, 0.717) is 25.7 Å². The molecule has 0 fully saturated rings. The predicted octanol–water partition coefficient (Wildman–Crippen LogP) is 16.7. The lowest BCUT2D eigenvalue weighted by molar-refractivity contribution is -0.167. The van der Waals surface area contributed by atoms with Crippen LogP contribution >= 0.6 is 0 Å². The van der Waals surface area contributed by atoms with Crippen LogP contribution in [0.25, 0.3) is 0 Å². The van der Waals surface area contributed by atoms with Gasteiger partial charge in [-0.25, -0.2) is 0 Å². The van der Waals surface area contributed by atoms with Crippen molar-refractivity contribution >= 4 is 17.9 Å². The maximum Gasteiger partial charge on any atom is 0.306 e. The molecule has 0 radical (unpaired) electrons. The minimum absolute atomic E-state index is 0.114. The predicted molar refractivity (Wildman–Crippen MR) is 274 cm³/mol. The summed E-state index contributed by atoms with van der Waals surface area (Å²) in [6, 6.07) is 0. The SMILES string of the molecule is CC/C=C\C/C=C\C/C=C\CCCCCCCCC(=O)OC(COC(=O)CCCC/C=C\C/C=C\C/C=C\CC)COC(=O)CCCCCCC\C=C/C=C\C=C/C=C\C=C/CCC. The molecule has 0 heterocycles. The van der Waals surface area contributed by atoms with E-state index in [0.717, 1.165) is 128 Å². The standard InChI is InChI=1S/C58H90O6/c1-4-7-10-13-16-19-22-25-27-29-30-32-33-36-39-42-45-48-51-57(60)63-54-55(53-62-56(59)50-47-44-41-38-35-24-21-18-15-12-9-6-3)64-58(61)52-49-46-43-40-37-34-31-28-26-23-20-17-14-11-8-5-2/h8-13,16-22,25-30,32,35,38,55H,4-7,14-15,23-24,31,33-34,36-37,39-54H2,1-3H3/b11-8-,12-9-,13-10-,19-16-,20-17-,21-18-,25-22-,28-26-,29-27-,32-30-,38-35-. The minimum atomic E-state index is -0.816. The summed E-state index contributed by atoms with van der Waals surface area (Å²) in [5.74, 6) is -1.00. The first-order chi connectivity index (χ1) is 31.5. The van der Waals surface area contributed by atoms with E-state index in [-0.39, 0.29) is 31.1 Å². The molecule has 0 saturated carbocycles. The maximum absolute atomic E-state index is 12.8. The summed E-state index contributed by atoms with van der Waals surface area (Å²) in [4.78, 5) is 38.0. The van der Waals surface area contributed by atoms with E-state index in [1.54, 1.807) is 0 Å². The second-order valence-electron chi connectivity index (χ2n) is 16.1. The van der Waals surface area contributed by atoms with Crippen molar-refractivity contribution in [2.45, 2.75) is 200 Å². The Morgan fingerprint density at radius 2 is 0.672 bits per heavy atom. The van der Waals surface area contributed by atoms with E-state index in [9.17, 15) is 14.4 Å². The van der Waals surface area contributed by atoms with Crippen molar-refractivity contribution in [1.29, 1.82) is 0 Å². The van der Waals surface area contributed by atoms with E-state index in [4.69, 9.17) is 14.2 Å². The average Bonchev–Trinajstić information content (AvgIpc) is 3.29. The van der Waals surface area contributed by atoms with Crippen LogP contribution in [0.5, 0.6) is 0 Å². The lowest BCUT2D eigenvalue weighted by Gasteiger charge is -2.18. The zero-order valence-corrected chi connectivity index (χ0v) is 40.7. The summed E-state index contributed by atoms with van der Waals surface area (Å²) in [6.07, 6.45) is 71.4. The highest BCUT2D eigenvalue weighted by molar-refractivity contribution is 5.71. The minimum Gasteiger partial charge on any atom is -0.462 e. The Kier molecular flexibility index (Phi) is 47.6. The Hall–Kier alpha value is -4.45. The first kappa shape index (κ1) is 59.5. The van der Waals surface area contributed by atoms with Gasteiger partial charge < -0.3 is 14.2 Å². The van der Waals surface area contributed by atoms with Crippen molar-refractivity contribution in [1.82, 2.24) is 0 Å². The summed E-state index contributed by atoms with van der Waals surface area (Å²) >= 11 is 0. The third kappa shape index (κ3) is 48.6. The van der Waals surface area contributed by atoms with Crippen molar-refractivity contribution in [3.05, 3.63) is 134 Å². The number of rotatable bonds is 43.